The van der Waals surface area contributed by atoms with Crippen LogP contribution in [0.1, 0.15) is 27.5 Å². The maximum absolute atomic E-state index is 13.1. The van der Waals surface area contributed by atoms with Crippen LogP contribution in [0.2, 0.25) is 0 Å². The van der Waals surface area contributed by atoms with Crippen molar-refractivity contribution >= 4 is 5.91 Å². The molecule has 0 fully saturated rings. The van der Waals surface area contributed by atoms with Gasteiger partial charge in [-0.25, -0.2) is 9.97 Å². The molecule has 0 radical (unpaired) electrons. The van der Waals surface area contributed by atoms with Crippen molar-refractivity contribution in [3.8, 4) is 29.0 Å². The molecule has 2 N–H and O–H groups in total. The number of amides is 1. The smallest absolute Gasteiger partial charge is 0.259 e. The van der Waals surface area contributed by atoms with Gasteiger partial charge >= 0.3 is 0 Å². The van der Waals surface area contributed by atoms with Crippen molar-refractivity contribution in [1.29, 1.82) is 0 Å². The van der Waals surface area contributed by atoms with Crippen molar-refractivity contribution in [2.75, 3.05) is 14.2 Å². The number of ether oxygens (including phenoxy) is 2. The third-order valence-electron chi connectivity index (χ3n) is 4.84. The first-order valence-electron chi connectivity index (χ1n) is 9.88. The van der Waals surface area contributed by atoms with Crippen LogP contribution in [0.15, 0.2) is 67.1 Å². The molecule has 0 unspecified atom stereocenters. The molecule has 0 saturated carbocycles. The number of carbonyl (C=O) groups is 1. The molecule has 0 bridgehead atoms. The second-order valence-corrected chi connectivity index (χ2v) is 6.85. The Morgan fingerprint density at radius 1 is 0.970 bits per heavy atom. The number of aromatic hydroxyl groups is 1. The van der Waals surface area contributed by atoms with Crippen LogP contribution in [0, 0.1) is 0 Å². The summed E-state index contributed by atoms with van der Waals surface area (Å²) in [5.41, 5.74) is 1.79. The number of hydrogen-bond donors (Lipinski definition) is 2. The van der Waals surface area contributed by atoms with E-state index in [2.05, 4.69) is 30.5 Å². The van der Waals surface area contributed by atoms with Crippen molar-refractivity contribution in [3.05, 3.63) is 83.8 Å². The summed E-state index contributed by atoms with van der Waals surface area (Å²) in [6.45, 7) is 0. The Bertz CT molecular complexity index is 1190. The van der Waals surface area contributed by atoms with Crippen molar-refractivity contribution < 1.29 is 19.4 Å². The molecule has 10 nitrogen and oxygen atoms in total. The van der Waals surface area contributed by atoms with Gasteiger partial charge in [0.25, 0.3) is 5.91 Å². The number of aromatic nitrogens is 5. The van der Waals surface area contributed by atoms with Crippen molar-refractivity contribution in [1.82, 2.24) is 30.5 Å². The molecular formula is C23H20N6O4. The third-order valence-corrected chi connectivity index (χ3v) is 4.84. The van der Waals surface area contributed by atoms with Crippen LogP contribution in [0.5, 0.6) is 17.5 Å². The molecule has 166 valence electrons. The monoisotopic (exact) mass is 444 g/mol. The lowest BCUT2D eigenvalue weighted by molar-refractivity contribution is 0.0939. The Morgan fingerprint density at radius 2 is 1.76 bits per heavy atom. The second kappa shape index (κ2) is 9.69. The highest BCUT2D eigenvalue weighted by atomic mass is 16.5. The molecule has 10 heteroatoms. The van der Waals surface area contributed by atoms with Crippen LogP contribution >= 0.6 is 0 Å². The topological polar surface area (TPSA) is 132 Å². The Balaban J connectivity index is 1.64. The molecule has 3 aromatic heterocycles. The fourth-order valence-electron chi connectivity index (χ4n) is 3.12. The summed E-state index contributed by atoms with van der Waals surface area (Å²) in [5, 5.41) is 21.0. The lowest BCUT2D eigenvalue weighted by Crippen LogP contribution is -2.29. The molecule has 1 aromatic carbocycles. The predicted octanol–water partition coefficient (Wildman–Crippen LogP) is 2.57. The van der Waals surface area contributed by atoms with E-state index in [1.807, 2.05) is 12.1 Å². The molecule has 4 aromatic rings. The van der Waals surface area contributed by atoms with Gasteiger partial charge in [-0.1, -0.05) is 12.1 Å². The fourth-order valence-corrected chi connectivity index (χ4v) is 3.12. The van der Waals surface area contributed by atoms with Crippen LogP contribution in [-0.4, -0.2) is 50.4 Å². The van der Waals surface area contributed by atoms with E-state index >= 15 is 0 Å². The number of benzene rings is 1. The zero-order valence-electron chi connectivity index (χ0n) is 17.8. The Kier molecular flexibility index (Phi) is 6.35. The van der Waals surface area contributed by atoms with Crippen LogP contribution in [0.4, 0.5) is 0 Å². The zero-order chi connectivity index (χ0) is 23.2. The molecule has 3 heterocycles. The summed E-state index contributed by atoms with van der Waals surface area (Å²) in [5.74, 6) is 0.258. The molecule has 1 amide bonds. The highest BCUT2D eigenvalue weighted by Crippen LogP contribution is 2.26. The molecule has 1 atom stereocenters. The van der Waals surface area contributed by atoms with Crippen LogP contribution in [0.3, 0.4) is 0 Å². The molecule has 33 heavy (non-hydrogen) atoms. The average molecular weight is 444 g/mol. The van der Waals surface area contributed by atoms with Gasteiger partial charge in [0.2, 0.25) is 11.8 Å². The first-order valence-corrected chi connectivity index (χ1v) is 9.88. The minimum atomic E-state index is -0.569. The molecule has 4 rings (SSSR count). The Hall–Kier alpha value is -4.60. The van der Waals surface area contributed by atoms with E-state index in [9.17, 15) is 9.90 Å². The van der Waals surface area contributed by atoms with Crippen molar-refractivity contribution in [2.45, 2.75) is 6.04 Å². The maximum Gasteiger partial charge on any atom is 0.259 e. The highest BCUT2D eigenvalue weighted by Gasteiger charge is 2.22. The predicted molar refractivity (Wildman–Crippen MR) is 118 cm³/mol. The molecule has 0 aliphatic heterocycles. The van der Waals surface area contributed by atoms with Gasteiger partial charge in [-0.3, -0.25) is 4.79 Å². The largest absolute Gasteiger partial charge is 0.497 e. The SMILES string of the molecule is COc1ccc([C@H](NC(=O)c2cnc(-c3cccnn3)nc2O)c2ccc(OC)nc2)cc1. The third kappa shape index (κ3) is 4.85. The maximum atomic E-state index is 13.1. The Morgan fingerprint density at radius 3 is 2.36 bits per heavy atom. The van der Waals surface area contributed by atoms with Crippen molar-refractivity contribution in [2.24, 2.45) is 0 Å². The van der Waals surface area contributed by atoms with Gasteiger partial charge < -0.3 is 19.9 Å². The second-order valence-electron chi connectivity index (χ2n) is 6.85. The van der Waals surface area contributed by atoms with E-state index in [0.29, 0.717) is 22.9 Å². The average Bonchev–Trinajstić information content (AvgIpc) is 2.88. The first-order chi connectivity index (χ1) is 16.1. The number of methoxy groups -OCH3 is 2. The van der Waals surface area contributed by atoms with E-state index in [4.69, 9.17) is 9.47 Å². The van der Waals surface area contributed by atoms with Gasteiger partial charge in [0.15, 0.2) is 5.82 Å². The van der Waals surface area contributed by atoms with Crippen LogP contribution < -0.4 is 14.8 Å². The Labute approximate surface area is 189 Å². The van der Waals surface area contributed by atoms with Crippen molar-refractivity contribution in [3.63, 3.8) is 0 Å². The summed E-state index contributed by atoms with van der Waals surface area (Å²) in [6.07, 6.45) is 4.37. The fraction of sp³-hybridized carbons (Fsp3) is 0.130. The van der Waals surface area contributed by atoms with Crippen LogP contribution in [-0.2, 0) is 0 Å². The molecule has 0 saturated heterocycles. The van der Waals surface area contributed by atoms with E-state index in [-0.39, 0.29) is 11.4 Å². The summed E-state index contributed by atoms with van der Waals surface area (Å²) < 4.78 is 10.3. The first kappa shape index (κ1) is 21.6. The molecule has 0 aliphatic carbocycles. The van der Waals surface area contributed by atoms with Gasteiger partial charge in [-0.2, -0.15) is 10.1 Å². The molecular weight excluding hydrogens is 424 g/mol. The standard InChI is InChI=1S/C23H20N6O4/c1-32-16-8-5-14(6-9-16)20(15-7-10-19(33-2)24-12-15)27-22(30)17-13-25-21(28-23(17)31)18-4-3-11-26-29-18/h3-13,20H,1-2H3,(H,27,30)(H,25,28,31)/t20-/m0/s1. The summed E-state index contributed by atoms with van der Waals surface area (Å²) >= 11 is 0. The summed E-state index contributed by atoms with van der Waals surface area (Å²) in [6, 6.07) is 13.5. The van der Waals surface area contributed by atoms with E-state index in [1.165, 1.54) is 19.5 Å². The highest BCUT2D eigenvalue weighted by molar-refractivity contribution is 5.96. The van der Waals surface area contributed by atoms with Gasteiger partial charge in [0.05, 0.1) is 20.3 Å². The number of nitrogens with zero attached hydrogens (tertiary/aromatic N) is 5. The minimum absolute atomic E-state index is 0.0809. The molecule has 0 aliphatic rings. The summed E-state index contributed by atoms with van der Waals surface area (Å²) in [7, 11) is 3.10. The minimum Gasteiger partial charge on any atom is -0.497 e. The lowest BCUT2D eigenvalue weighted by Gasteiger charge is -2.20. The molecule has 0 spiro atoms. The number of nitrogens with one attached hydrogen (secondary N) is 1. The quantitative estimate of drug-likeness (QED) is 0.441. The normalized spacial score (nSPS) is 11.5. The van der Waals surface area contributed by atoms with E-state index in [1.54, 1.807) is 49.7 Å². The van der Waals surface area contributed by atoms with Gasteiger partial charge in [0.1, 0.15) is 17.0 Å². The summed E-state index contributed by atoms with van der Waals surface area (Å²) in [4.78, 5) is 25.5. The lowest BCUT2D eigenvalue weighted by atomic mass is 9.99. The van der Waals surface area contributed by atoms with E-state index in [0.717, 1.165) is 5.56 Å². The zero-order valence-corrected chi connectivity index (χ0v) is 17.8. The van der Waals surface area contributed by atoms with E-state index < -0.39 is 17.8 Å². The van der Waals surface area contributed by atoms with Gasteiger partial charge in [-0.05, 0) is 41.5 Å². The van der Waals surface area contributed by atoms with Gasteiger partial charge in [-0.15, -0.1) is 5.10 Å². The van der Waals surface area contributed by atoms with Crippen LogP contribution in [0.25, 0.3) is 11.5 Å². The van der Waals surface area contributed by atoms with Gasteiger partial charge in [0, 0.05) is 24.7 Å². The number of hydrogen-bond acceptors (Lipinski definition) is 9. The number of rotatable bonds is 7. The number of pyridine rings is 1. The number of carbonyl (C=O) groups excluding carboxylic acids is 1.